The van der Waals surface area contributed by atoms with Gasteiger partial charge in [-0.05, 0) is 24.8 Å². The summed E-state index contributed by atoms with van der Waals surface area (Å²) in [5.41, 5.74) is 1.51. The smallest absolute Gasteiger partial charge is 0.156 e. The zero-order valence-corrected chi connectivity index (χ0v) is 9.47. The van der Waals surface area contributed by atoms with Gasteiger partial charge in [-0.1, -0.05) is 0 Å². The summed E-state index contributed by atoms with van der Waals surface area (Å²) in [6, 6.07) is 3.72. The predicted molar refractivity (Wildman–Crippen MR) is 57.7 cm³/mol. The molecule has 0 unspecified atom stereocenters. The molecule has 2 heterocycles. The van der Waals surface area contributed by atoms with Crippen molar-refractivity contribution in [3.05, 3.63) is 28.9 Å². The van der Waals surface area contributed by atoms with Crippen molar-refractivity contribution in [1.29, 1.82) is 5.26 Å². The summed E-state index contributed by atoms with van der Waals surface area (Å²) >= 11 is 2.91. The van der Waals surface area contributed by atoms with E-state index in [1.54, 1.807) is 6.07 Å². The second-order valence-corrected chi connectivity index (χ2v) is 4.81. The van der Waals surface area contributed by atoms with Gasteiger partial charge in [0.15, 0.2) is 4.34 Å². The minimum absolute atomic E-state index is 0.530. The zero-order chi connectivity index (χ0) is 10.7. The number of hydrogen-bond donors (Lipinski definition) is 0. The molecule has 4 nitrogen and oxygen atoms in total. The lowest BCUT2D eigenvalue weighted by Gasteiger charge is -1.96. The lowest BCUT2D eigenvalue weighted by Crippen LogP contribution is -1.88. The van der Waals surface area contributed by atoms with Gasteiger partial charge in [0, 0.05) is 11.1 Å². The van der Waals surface area contributed by atoms with E-state index in [4.69, 9.17) is 5.26 Å². The molecular weight excluding hydrogens is 228 g/mol. The van der Waals surface area contributed by atoms with Crippen LogP contribution in [-0.4, -0.2) is 15.2 Å². The molecule has 0 bridgehead atoms. The highest BCUT2D eigenvalue weighted by Gasteiger charge is 2.08. The Balaban J connectivity index is 2.28. The summed E-state index contributed by atoms with van der Waals surface area (Å²) in [6.07, 6.45) is 1.51. The number of thiazole rings is 1. The van der Waals surface area contributed by atoms with Gasteiger partial charge in [-0.3, -0.25) is 0 Å². The molecule has 0 N–H and O–H groups in total. The molecular formula is C9H6N4S2. The molecule has 2 rings (SSSR count). The minimum atomic E-state index is 0.530. The molecule has 0 saturated carbocycles. The Hall–Kier alpha value is -1.45. The number of aromatic nitrogens is 3. The predicted octanol–water partition coefficient (Wildman–Crippen LogP) is 2.26. The Morgan fingerprint density at radius 1 is 1.53 bits per heavy atom. The van der Waals surface area contributed by atoms with Crippen LogP contribution in [0.15, 0.2) is 27.0 Å². The first-order valence-electron chi connectivity index (χ1n) is 4.11. The molecule has 0 spiro atoms. The van der Waals surface area contributed by atoms with Crippen molar-refractivity contribution in [2.45, 2.75) is 16.3 Å². The van der Waals surface area contributed by atoms with Gasteiger partial charge in [-0.15, -0.1) is 16.4 Å². The molecule has 0 fully saturated rings. The number of nitriles is 1. The maximum atomic E-state index is 8.85. The van der Waals surface area contributed by atoms with Crippen molar-refractivity contribution in [3.8, 4) is 6.07 Å². The fourth-order valence-corrected chi connectivity index (χ4v) is 2.70. The van der Waals surface area contributed by atoms with Gasteiger partial charge in [-0.2, -0.15) is 10.4 Å². The van der Waals surface area contributed by atoms with E-state index in [-0.39, 0.29) is 0 Å². The van der Waals surface area contributed by atoms with Crippen molar-refractivity contribution >= 4 is 23.1 Å². The van der Waals surface area contributed by atoms with E-state index in [2.05, 4.69) is 21.3 Å². The molecule has 6 heteroatoms. The third-order valence-corrected chi connectivity index (χ3v) is 3.64. The summed E-state index contributed by atoms with van der Waals surface area (Å²) in [7, 11) is 0. The van der Waals surface area contributed by atoms with Gasteiger partial charge in [-0.25, -0.2) is 4.98 Å². The first kappa shape index (κ1) is 10.1. The summed E-state index contributed by atoms with van der Waals surface area (Å²) in [6.45, 7) is 1.93. The fourth-order valence-electron chi connectivity index (χ4n) is 0.941. The minimum Gasteiger partial charge on any atom is -0.235 e. The topological polar surface area (TPSA) is 62.5 Å². The molecule has 74 valence electrons. The highest BCUT2D eigenvalue weighted by Crippen LogP contribution is 2.30. The third-order valence-electron chi connectivity index (χ3n) is 1.59. The molecule has 0 radical (unpaired) electrons. The summed E-state index contributed by atoms with van der Waals surface area (Å²) in [5, 5.41) is 19.1. The van der Waals surface area contributed by atoms with Crippen LogP contribution in [-0.2, 0) is 0 Å². The van der Waals surface area contributed by atoms with Crippen LogP contribution in [0.5, 0.6) is 0 Å². The third kappa shape index (κ3) is 2.32. The van der Waals surface area contributed by atoms with Gasteiger partial charge in [0.1, 0.15) is 11.1 Å². The van der Waals surface area contributed by atoms with E-state index < -0.39 is 0 Å². The van der Waals surface area contributed by atoms with Crippen LogP contribution in [0.4, 0.5) is 0 Å². The molecule has 0 saturated heterocycles. The maximum absolute atomic E-state index is 8.85. The highest BCUT2D eigenvalue weighted by atomic mass is 32.2. The molecule has 0 aliphatic carbocycles. The van der Waals surface area contributed by atoms with Crippen molar-refractivity contribution in [1.82, 2.24) is 15.2 Å². The molecule has 0 atom stereocenters. The Morgan fingerprint density at radius 3 is 3.07 bits per heavy atom. The van der Waals surface area contributed by atoms with Crippen molar-refractivity contribution in [2.24, 2.45) is 0 Å². The van der Waals surface area contributed by atoms with Gasteiger partial charge in [0.25, 0.3) is 0 Å². The molecule has 2 aromatic rings. The van der Waals surface area contributed by atoms with Gasteiger partial charge >= 0.3 is 0 Å². The second kappa shape index (κ2) is 4.38. The quantitative estimate of drug-likeness (QED) is 0.797. The number of rotatable bonds is 2. The normalized spacial score (nSPS) is 9.87. The van der Waals surface area contributed by atoms with Crippen LogP contribution >= 0.6 is 23.1 Å². The van der Waals surface area contributed by atoms with E-state index in [0.29, 0.717) is 10.6 Å². The van der Waals surface area contributed by atoms with Gasteiger partial charge < -0.3 is 0 Å². The highest BCUT2D eigenvalue weighted by molar-refractivity contribution is 8.01. The summed E-state index contributed by atoms with van der Waals surface area (Å²) in [4.78, 5) is 4.29. The molecule has 0 aromatic carbocycles. The van der Waals surface area contributed by atoms with E-state index in [9.17, 15) is 0 Å². The molecule has 0 amide bonds. The zero-order valence-electron chi connectivity index (χ0n) is 7.84. The number of hydrogen-bond acceptors (Lipinski definition) is 6. The standard InChI is InChI=1S/C9H6N4S2/c1-6-5-14-9(12-6)15-8-7(4-10)2-3-11-13-8/h2-3,5H,1H3. The van der Waals surface area contributed by atoms with Crippen LogP contribution in [0.3, 0.4) is 0 Å². The fraction of sp³-hybridized carbons (Fsp3) is 0.111. The monoisotopic (exact) mass is 234 g/mol. The first-order chi connectivity index (χ1) is 7.29. The Bertz CT molecular complexity index is 515. The maximum Gasteiger partial charge on any atom is 0.156 e. The summed E-state index contributed by atoms with van der Waals surface area (Å²) in [5.74, 6) is 0. The lowest BCUT2D eigenvalue weighted by molar-refractivity contribution is 0.918. The summed E-state index contributed by atoms with van der Waals surface area (Å²) < 4.78 is 0.879. The SMILES string of the molecule is Cc1csc(Sc2nnccc2C#N)n1. The molecule has 0 aliphatic rings. The van der Waals surface area contributed by atoms with Crippen molar-refractivity contribution < 1.29 is 0 Å². The van der Waals surface area contributed by atoms with Crippen LogP contribution in [0.2, 0.25) is 0 Å². The van der Waals surface area contributed by atoms with Crippen molar-refractivity contribution in [2.75, 3.05) is 0 Å². The number of aryl methyl sites for hydroxylation is 1. The lowest BCUT2D eigenvalue weighted by atomic mass is 10.3. The molecule has 2 aromatic heterocycles. The molecule has 15 heavy (non-hydrogen) atoms. The number of nitrogens with zero attached hydrogens (tertiary/aromatic N) is 4. The average molecular weight is 234 g/mol. The Kier molecular flexibility index (Phi) is 2.94. The van der Waals surface area contributed by atoms with Gasteiger partial charge in [0.05, 0.1) is 11.8 Å². The van der Waals surface area contributed by atoms with Crippen LogP contribution < -0.4 is 0 Å². The van der Waals surface area contributed by atoms with E-state index in [1.165, 1.54) is 29.3 Å². The average Bonchev–Trinajstić information content (AvgIpc) is 2.65. The van der Waals surface area contributed by atoms with E-state index in [1.807, 2.05) is 12.3 Å². The first-order valence-corrected chi connectivity index (χ1v) is 5.81. The second-order valence-electron chi connectivity index (χ2n) is 2.72. The Morgan fingerprint density at radius 2 is 2.40 bits per heavy atom. The largest absolute Gasteiger partial charge is 0.235 e. The van der Waals surface area contributed by atoms with Crippen molar-refractivity contribution in [3.63, 3.8) is 0 Å². The Labute approximate surface area is 95.0 Å². The van der Waals surface area contributed by atoms with E-state index in [0.717, 1.165) is 10.0 Å². The van der Waals surface area contributed by atoms with Crippen LogP contribution in [0.25, 0.3) is 0 Å². The van der Waals surface area contributed by atoms with E-state index >= 15 is 0 Å². The van der Waals surface area contributed by atoms with Crippen LogP contribution in [0.1, 0.15) is 11.3 Å². The van der Waals surface area contributed by atoms with Gasteiger partial charge in [0.2, 0.25) is 0 Å². The molecule has 0 aliphatic heterocycles. The van der Waals surface area contributed by atoms with Crippen LogP contribution in [0, 0.1) is 18.3 Å².